The van der Waals surface area contributed by atoms with Gasteiger partial charge in [0.25, 0.3) is 0 Å². The first-order chi connectivity index (χ1) is 21.5. The van der Waals surface area contributed by atoms with Crippen LogP contribution in [0.15, 0.2) is 66.9 Å². The van der Waals surface area contributed by atoms with Gasteiger partial charge in [0.05, 0.1) is 23.8 Å². The highest BCUT2D eigenvalue weighted by Crippen LogP contribution is 2.26. The van der Waals surface area contributed by atoms with Crippen LogP contribution < -0.4 is 20.9 Å². The number of benzene rings is 2. The summed E-state index contributed by atoms with van der Waals surface area (Å²) in [7, 11) is 0. The summed E-state index contributed by atoms with van der Waals surface area (Å²) in [5.74, 6) is -3.08. The molecule has 0 aliphatic carbocycles. The third kappa shape index (κ3) is 10.1. The van der Waals surface area contributed by atoms with E-state index in [9.17, 15) is 26.3 Å². The van der Waals surface area contributed by atoms with Crippen LogP contribution >= 0.6 is 0 Å². The molecule has 6 N–H and O–H groups in total. The summed E-state index contributed by atoms with van der Waals surface area (Å²) in [6.45, 7) is 1.27. The molecule has 13 nitrogen and oxygen atoms in total. The second kappa shape index (κ2) is 14.7. The molecule has 0 spiro atoms. The number of carbonyl (C=O) groups is 2. The first kappa shape index (κ1) is 34.6. The van der Waals surface area contributed by atoms with Crippen molar-refractivity contribution in [2.24, 2.45) is 0 Å². The van der Waals surface area contributed by atoms with E-state index in [1.54, 1.807) is 16.8 Å². The maximum absolute atomic E-state index is 10.6. The van der Waals surface area contributed by atoms with E-state index in [1.165, 1.54) is 0 Å². The van der Waals surface area contributed by atoms with Crippen molar-refractivity contribution in [3.05, 3.63) is 72.6 Å². The number of carboxylic acids is 2. The Morgan fingerprint density at radius 2 is 1.20 bits per heavy atom. The van der Waals surface area contributed by atoms with Gasteiger partial charge in [0.2, 0.25) is 0 Å². The molecule has 19 heteroatoms. The summed E-state index contributed by atoms with van der Waals surface area (Å²) in [6.07, 6.45) is -8.32. The van der Waals surface area contributed by atoms with Gasteiger partial charge in [0.15, 0.2) is 0 Å². The molecule has 0 atom stereocenters. The SMILES string of the molecule is Nc1ccc2c(OCCn3cc(COc4cccc5nc(N)ccc45)nn3)cccc2n1.O=C(O)C(F)(F)F.O=C(O)C(F)(F)F. The van der Waals surface area contributed by atoms with Crippen LogP contribution in [-0.4, -0.2) is 66.1 Å². The number of fused-ring (bicyclic) bond motifs is 2. The molecular weight excluding hydrogens is 632 g/mol. The number of carboxylic acid groups (broad SMARTS) is 2. The minimum absolute atomic E-state index is 0.292. The lowest BCUT2D eigenvalue weighted by molar-refractivity contribution is -0.193. The number of aliphatic carboxylic acids is 2. The Kier molecular flexibility index (Phi) is 11.1. The van der Waals surface area contributed by atoms with Crippen LogP contribution in [0.25, 0.3) is 21.8 Å². The summed E-state index contributed by atoms with van der Waals surface area (Å²) in [6, 6.07) is 18.7. The van der Waals surface area contributed by atoms with Gasteiger partial charge in [-0.05, 0) is 48.5 Å². The lowest BCUT2D eigenvalue weighted by Gasteiger charge is -2.09. The first-order valence-corrected chi connectivity index (χ1v) is 12.6. The third-order valence-corrected chi connectivity index (χ3v) is 5.45. The van der Waals surface area contributed by atoms with E-state index in [-0.39, 0.29) is 0 Å². The minimum atomic E-state index is -5.08. The number of aromatic nitrogens is 5. The van der Waals surface area contributed by atoms with E-state index in [0.717, 1.165) is 39.0 Å². The number of rotatable bonds is 7. The normalized spacial score (nSPS) is 11.2. The molecule has 5 aromatic rings. The Labute approximate surface area is 254 Å². The molecule has 244 valence electrons. The molecule has 2 aromatic carbocycles. The number of nitrogens with zero attached hydrogens (tertiary/aromatic N) is 5. The maximum Gasteiger partial charge on any atom is 0.490 e. The number of alkyl halides is 6. The van der Waals surface area contributed by atoms with Gasteiger partial charge in [-0.1, -0.05) is 17.3 Å². The lowest BCUT2D eigenvalue weighted by atomic mass is 10.2. The highest BCUT2D eigenvalue weighted by molar-refractivity contribution is 5.87. The fourth-order valence-corrected chi connectivity index (χ4v) is 3.45. The largest absolute Gasteiger partial charge is 0.491 e. The average molecular weight is 656 g/mol. The summed E-state index contributed by atoms with van der Waals surface area (Å²) in [5.41, 5.74) is 13.8. The molecule has 0 aliphatic heterocycles. The summed E-state index contributed by atoms with van der Waals surface area (Å²) >= 11 is 0. The van der Waals surface area contributed by atoms with Crippen LogP contribution in [0.4, 0.5) is 38.0 Å². The van der Waals surface area contributed by atoms with Crippen molar-refractivity contribution in [2.45, 2.75) is 25.5 Å². The number of hydrogen-bond acceptors (Lipinski definition) is 10. The van der Waals surface area contributed by atoms with E-state index in [4.69, 9.17) is 40.7 Å². The van der Waals surface area contributed by atoms with Crippen LogP contribution in [0.1, 0.15) is 5.69 Å². The van der Waals surface area contributed by atoms with Crippen LogP contribution in [0, 0.1) is 0 Å². The molecule has 0 saturated carbocycles. The number of hydrogen-bond donors (Lipinski definition) is 4. The molecule has 0 amide bonds. The molecule has 46 heavy (non-hydrogen) atoms. The molecule has 0 unspecified atom stereocenters. The summed E-state index contributed by atoms with van der Waals surface area (Å²) in [5, 5.41) is 24.4. The van der Waals surface area contributed by atoms with Gasteiger partial charge in [0.1, 0.15) is 42.0 Å². The van der Waals surface area contributed by atoms with Gasteiger partial charge >= 0.3 is 24.3 Å². The first-order valence-electron chi connectivity index (χ1n) is 12.6. The highest BCUT2D eigenvalue weighted by atomic mass is 19.4. The number of nitrogen functional groups attached to an aromatic ring is 2. The van der Waals surface area contributed by atoms with Crippen molar-refractivity contribution in [3.63, 3.8) is 0 Å². The molecule has 0 fully saturated rings. The van der Waals surface area contributed by atoms with Crippen molar-refractivity contribution in [1.29, 1.82) is 0 Å². The summed E-state index contributed by atoms with van der Waals surface area (Å²) in [4.78, 5) is 26.4. The predicted octanol–water partition coefficient (Wildman–Crippen LogP) is 4.46. The molecule has 0 aliphatic rings. The van der Waals surface area contributed by atoms with Gasteiger partial charge in [-0.25, -0.2) is 24.2 Å². The van der Waals surface area contributed by atoms with Crippen LogP contribution in [0.3, 0.4) is 0 Å². The zero-order valence-corrected chi connectivity index (χ0v) is 23.2. The van der Waals surface area contributed by atoms with Gasteiger partial charge < -0.3 is 31.2 Å². The Balaban J connectivity index is 0.000000345. The molecule has 3 heterocycles. The fourth-order valence-electron chi connectivity index (χ4n) is 3.45. The second-order valence-electron chi connectivity index (χ2n) is 8.83. The lowest BCUT2D eigenvalue weighted by Crippen LogP contribution is -2.21. The number of ether oxygens (including phenoxy) is 2. The Morgan fingerprint density at radius 1 is 0.739 bits per heavy atom. The van der Waals surface area contributed by atoms with E-state index in [1.807, 2.05) is 54.7 Å². The second-order valence-corrected chi connectivity index (χ2v) is 8.83. The smallest absolute Gasteiger partial charge is 0.490 e. The van der Waals surface area contributed by atoms with Crippen molar-refractivity contribution in [3.8, 4) is 11.5 Å². The van der Waals surface area contributed by atoms with Crippen molar-refractivity contribution >= 4 is 45.4 Å². The van der Waals surface area contributed by atoms with Crippen molar-refractivity contribution in [2.75, 3.05) is 18.1 Å². The van der Waals surface area contributed by atoms with Crippen LogP contribution in [-0.2, 0) is 22.7 Å². The van der Waals surface area contributed by atoms with E-state index >= 15 is 0 Å². The fraction of sp³-hybridized carbons (Fsp3) is 0.185. The quantitative estimate of drug-likeness (QED) is 0.180. The standard InChI is InChI=1S/C23H21N7O2.2C2HF3O2/c24-22-9-7-16-18(26-22)3-1-5-20(16)31-12-11-30-13-15(28-29-30)14-32-21-6-2-4-19-17(21)8-10-23(25)27-19;2*3-2(4,5)1(6)7/h1-10,13H,11-12,14H2,(H2,24,26)(H2,25,27);2*(H,6,7). The number of nitrogens with two attached hydrogens (primary N) is 2. The van der Waals surface area contributed by atoms with Gasteiger partial charge in [-0.2, -0.15) is 26.3 Å². The number of anilines is 2. The van der Waals surface area contributed by atoms with E-state index < -0.39 is 24.3 Å². The molecule has 0 saturated heterocycles. The molecule has 0 radical (unpaired) electrons. The zero-order chi connectivity index (χ0) is 34.1. The summed E-state index contributed by atoms with van der Waals surface area (Å²) < 4.78 is 77.1. The molecule has 0 bridgehead atoms. The minimum Gasteiger partial charge on any atom is -0.491 e. The Bertz CT molecular complexity index is 1790. The van der Waals surface area contributed by atoms with Crippen molar-refractivity contribution in [1.82, 2.24) is 25.0 Å². The predicted molar refractivity (Wildman–Crippen MR) is 150 cm³/mol. The van der Waals surface area contributed by atoms with Crippen LogP contribution in [0.5, 0.6) is 11.5 Å². The Morgan fingerprint density at radius 3 is 1.65 bits per heavy atom. The Hall–Kier alpha value is -5.88. The van der Waals surface area contributed by atoms with E-state index in [0.29, 0.717) is 31.4 Å². The van der Waals surface area contributed by atoms with Crippen LogP contribution in [0.2, 0.25) is 0 Å². The number of halogens is 6. The van der Waals surface area contributed by atoms with E-state index in [2.05, 4.69) is 20.3 Å². The van der Waals surface area contributed by atoms with Gasteiger partial charge in [-0.15, -0.1) is 5.10 Å². The maximum atomic E-state index is 10.6. The monoisotopic (exact) mass is 655 g/mol. The third-order valence-electron chi connectivity index (χ3n) is 5.45. The average Bonchev–Trinajstić information content (AvgIpc) is 3.43. The zero-order valence-electron chi connectivity index (χ0n) is 23.2. The van der Waals surface area contributed by atoms with Gasteiger partial charge in [-0.3, -0.25) is 0 Å². The molecule has 5 rings (SSSR count). The van der Waals surface area contributed by atoms with Gasteiger partial charge in [0, 0.05) is 10.8 Å². The topological polar surface area (TPSA) is 202 Å². The molecular formula is C27H23F6N7O6. The van der Waals surface area contributed by atoms with Crippen molar-refractivity contribution < 1.29 is 55.6 Å². The number of pyridine rings is 2. The highest BCUT2D eigenvalue weighted by Gasteiger charge is 2.38. The molecule has 3 aromatic heterocycles.